The lowest BCUT2D eigenvalue weighted by molar-refractivity contribution is 0.0925. The van der Waals surface area contributed by atoms with E-state index < -0.39 is 9.84 Å². The van der Waals surface area contributed by atoms with Crippen LogP contribution in [0.25, 0.3) is 0 Å². The van der Waals surface area contributed by atoms with E-state index in [9.17, 15) is 13.2 Å². The predicted molar refractivity (Wildman–Crippen MR) is 115 cm³/mol. The van der Waals surface area contributed by atoms with Gasteiger partial charge in [-0.25, -0.2) is 8.42 Å². The van der Waals surface area contributed by atoms with Crippen molar-refractivity contribution in [1.82, 2.24) is 5.32 Å². The normalized spacial score (nSPS) is 13.4. The summed E-state index contributed by atoms with van der Waals surface area (Å²) >= 11 is 0. The quantitative estimate of drug-likeness (QED) is 0.766. The smallest absolute Gasteiger partial charge is 0.251 e. The van der Waals surface area contributed by atoms with Crippen LogP contribution >= 0.6 is 0 Å². The number of benzene rings is 2. The number of amides is 1. The zero-order valence-corrected chi connectivity index (χ0v) is 18.4. The third-order valence-electron chi connectivity index (χ3n) is 4.73. The average molecular weight is 402 g/mol. The third-order valence-corrected chi connectivity index (χ3v) is 5.59. The Morgan fingerprint density at radius 1 is 0.964 bits per heavy atom. The molecule has 0 aliphatic heterocycles. The number of nitrogens with one attached hydrogen (secondary N) is 1. The van der Waals surface area contributed by atoms with E-state index in [2.05, 4.69) is 64.2 Å². The summed E-state index contributed by atoms with van der Waals surface area (Å²) in [5.41, 5.74) is 3.62. The topological polar surface area (TPSA) is 63.2 Å². The van der Waals surface area contributed by atoms with Crippen molar-refractivity contribution in [2.24, 2.45) is 5.92 Å². The van der Waals surface area contributed by atoms with E-state index in [4.69, 9.17) is 0 Å². The molecule has 1 amide bonds. The summed E-state index contributed by atoms with van der Waals surface area (Å²) < 4.78 is 22.8. The fourth-order valence-corrected chi connectivity index (χ4v) is 3.90. The molecule has 0 unspecified atom stereocenters. The summed E-state index contributed by atoms with van der Waals surface area (Å²) in [7, 11) is -3.09. The van der Waals surface area contributed by atoms with Crippen molar-refractivity contribution >= 4 is 15.7 Å². The molecule has 0 heterocycles. The Kier molecular flexibility index (Phi) is 6.71. The molecule has 4 nitrogen and oxygen atoms in total. The second-order valence-electron chi connectivity index (χ2n) is 8.83. The Bertz CT molecular complexity index is 906. The van der Waals surface area contributed by atoms with E-state index in [1.54, 1.807) is 24.3 Å². The van der Waals surface area contributed by atoms with Crippen LogP contribution in [0.2, 0.25) is 0 Å². The maximum Gasteiger partial charge on any atom is 0.251 e. The van der Waals surface area contributed by atoms with Crippen LogP contribution in [0.1, 0.15) is 67.7 Å². The minimum absolute atomic E-state index is 0.0242. The molecule has 28 heavy (non-hydrogen) atoms. The molecule has 0 saturated heterocycles. The van der Waals surface area contributed by atoms with Crippen LogP contribution in [0.3, 0.4) is 0 Å². The largest absolute Gasteiger partial charge is 0.345 e. The Morgan fingerprint density at radius 3 is 1.93 bits per heavy atom. The van der Waals surface area contributed by atoms with Crippen LogP contribution in [0.15, 0.2) is 48.5 Å². The van der Waals surface area contributed by atoms with Gasteiger partial charge in [0.15, 0.2) is 9.84 Å². The number of carbonyl (C=O) groups excluding carboxylic acids is 1. The van der Waals surface area contributed by atoms with E-state index in [0.29, 0.717) is 11.1 Å². The standard InChI is InChI=1S/C23H31NO3S/c1-16(2)21(18-11-13-20(14-12-18)23(3,4)5)24-22(25)19-9-7-17(8-10-19)15-28(6,26)27/h7-14,16,21H,15H2,1-6H3,(H,24,25)/t21-/m0/s1. The van der Waals surface area contributed by atoms with Gasteiger partial charge < -0.3 is 5.32 Å². The van der Waals surface area contributed by atoms with Crippen LogP contribution in [-0.4, -0.2) is 20.6 Å². The minimum Gasteiger partial charge on any atom is -0.345 e. The van der Waals surface area contributed by atoms with Gasteiger partial charge in [-0.1, -0.05) is 71.0 Å². The number of hydrogen-bond donors (Lipinski definition) is 1. The van der Waals surface area contributed by atoms with E-state index in [-0.39, 0.29) is 29.0 Å². The van der Waals surface area contributed by atoms with Gasteiger partial charge in [-0.05, 0) is 40.2 Å². The molecule has 2 aromatic carbocycles. The summed E-state index contributed by atoms with van der Waals surface area (Å²) in [5, 5.41) is 3.12. The van der Waals surface area contributed by atoms with Gasteiger partial charge in [0.05, 0.1) is 11.8 Å². The first kappa shape index (κ1) is 22.2. The Morgan fingerprint density at radius 2 is 1.50 bits per heavy atom. The van der Waals surface area contributed by atoms with Crippen LogP contribution in [0.4, 0.5) is 0 Å². The highest BCUT2D eigenvalue weighted by Crippen LogP contribution is 2.27. The van der Waals surface area contributed by atoms with Crippen molar-refractivity contribution in [3.8, 4) is 0 Å². The molecule has 0 spiro atoms. The van der Waals surface area contributed by atoms with Crippen LogP contribution in [0, 0.1) is 5.92 Å². The maximum absolute atomic E-state index is 12.7. The molecule has 0 aliphatic rings. The van der Waals surface area contributed by atoms with Gasteiger partial charge in [-0.3, -0.25) is 4.79 Å². The average Bonchev–Trinajstić information content (AvgIpc) is 2.58. The lowest BCUT2D eigenvalue weighted by Gasteiger charge is -2.25. The minimum atomic E-state index is -3.09. The Balaban J connectivity index is 2.16. The first-order valence-corrected chi connectivity index (χ1v) is 11.6. The number of rotatable bonds is 6. The van der Waals surface area contributed by atoms with Gasteiger partial charge in [0.1, 0.15) is 0 Å². The second-order valence-corrected chi connectivity index (χ2v) is 11.0. The summed E-state index contributed by atoms with van der Waals surface area (Å²) in [6.45, 7) is 10.7. The summed E-state index contributed by atoms with van der Waals surface area (Å²) in [6.07, 6.45) is 1.20. The van der Waals surface area contributed by atoms with Crippen LogP contribution < -0.4 is 5.32 Å². The molecule has 0 aliphatic carbocycles. The van der Waals surface area contributed by atoms with Crippen molar-refractivity contribution < 1.29 is 13.2 Å². The summed E-state index contributed by atoms with van der Waals surface area (Å²) in [4.78, 5) is 12.7. The van der Waals surface area contributed by atoms with Gasteiger partial charge in [-0.2, -0.15) is 0 Å². The highest BCUT2D eigenvalue weighted by molar-refractivity contribution is 7.89. The molecular weight excluding hydrogens is 370 g/mol. The fourth-order valence-electron chi connectivity index (χ4n) is 3.11. The zero-order valence-electron chi connectivity index (χ0n) is 17.6. The molecule has 0 fully saturated rings. The molecule has 0 bridgehead atoms. The maximum atomic E-state index is 12.7. The van der Waals surface area contributed by atoms with Crippen molar-refractivity contribution in [3.05, 3.63) is 70.8 Å². The van der Waals surface area contributed by atoms with Crippen LogP contribution in [0.5, 0.6) is 0 Å². The lowest BCUT2D eigenvalue weighted by atomic mass is 9.85. The van der Waals surface area contributed by atoms with Crippen LogP contribution in [-0.2, 0) is 21.0 Å². The predicted octanol–water partition coefficient (Wildman–Crippen LogP) is 4.66. The van der Waals surface area contributed by atoms with E-state index in [0.717, 1.165) is 5.56 Å². The molecule has 1 N–H and O–H groups in total. The molecule has 2 aromatic rings. The number of carbonyl (C=O) groups is 1. The molecular formula is C23H31NO3S. The van der Waals surface area contributed by atoms with Crippen molar-refractivity contribution in [2.75, 3.05) is 6.26 Å². The number of hydrogen-bond acceptors (Lipinski definition) is 3. The molecule has 2 rings (SSSR count). The highest BCUT2D eigenvalue weighted by atomic mass is 32.2. The summed E-state index contributed by atoms with van der Waals surface area (Å²) in [5.74, 6) is 0.0438. The van der Waals surface area contributed by atoms with Gasteiger partial charge in [0, 0.05) is 11.8 Å². The fraction of sp³-hybridized carbons (Fsp3) is 0.435. The SMILES string of the molecule is CC(C)[C@H](NC(=O)c1ccc(CS(C)(=O)=O)cc1)c1ccc(C(C)(C)C)cc1. The Hall–Kier alpha value is -2.14. The van der Waals surface area contributed by atoms with Gasteiger partial charge in [0.2, 0.25) is 0 Å². The molecule has 5 heteroatoms. The van der Waals surface area contributed by atoms with E-state index in [1.165, 1.54) is 11.8 Å². The third kappa shape index (κ3) is 6.20. The van der Waals surface area contributed by atoms with E-state index >= 15 is 0 Å². The second kappa shape index (κ2) is 8.48. The molecule has 152 valence electrons. The molecule has 1 atom stereocenters. The van der Waals surface area contributed by atoms with Gasteiger partial charge >= 0.3 is 0 Å². The first-order chi connectivity index (χ1) is 12.9. The van der Waals surface area contributed by atoms with Crippen molar-refractivity contribution in [3.63, 3.8) is 0 Å². The molecule has 0 saturated carbocycles. The van der Waals surface area contributed by atoms with Gasteiger partial charge in [-0.15, -0.1) is 0 Å². The molecule has 0 aromatic heterocycles. The number of sulfone groups is 1. The summed E-state index contributed by atoms with van der Waals surface area (Å²) in [6, 6.07) is 15.1. The molecule has 0 radical (unpaired) electrons. The van der Waals surface area contributed by atoms with Gasteiger partial charge in [0.25, 0.3) is 5.91 Å². The van der Waals surface area contributed by atoms with Crippen molar-refractivity contribution in [1.29, 1.82) is 0 Å². The Labute approximate surface area is 169 Å². The zero-order chi connectivity index (χ0) is 21.1. The first-order valence-electron chi connectivity index (χ1n) is 9.55. The monoisotopic (exact) mass is 401 g/mol. The highest BCUT2D eigenvalue weighted by Gasteiger charge is 2.20. The van der Waals surface area contributed by atoms with Crippen molar-refractivity contribution in [2.45, 2.75) is 51.8 Å². The van der Waals surface area contributed by atoms with E-state index in [1.807, 2.05) is 0 Å². The lowest BCUT2D eigenvalue weighted by Crippen LogP contribution is -2.31.